The van der Waals surface area contributed by atoms with E-state index in [-0.39, 0.29) is 13.2 Å². The molecule has 0 fully saturated rings. The monoisotopic (exact) mass is 264 g/mol. The molecule has 0 aromatic rings. The molecule has 1 atom stereocenters. The Hall–Kier alpha value is 0.1000. The first-order valence-corrected chi connectivity index (χ1v) is 5.00. The third-order valence-corrected chi connectivity index (χ3v) is 1.33. The Bertz CT molecular complexity index is 180. The zero-order valence-electron chi connectivity index (χ0n) is 7.76. The highest BCUT2D eigenvalue weighted by molar-refractivity contribution is 6.67. The molecular formula is C7H11Cl3O4. The normalized spacial score (nSPS) is 13.5. The predicted molar refractivity (Wildman–Crippen MR) is 53.8 cm³/mol. The number of carbonyl (C=O) groups is 1. The molecule has 84 valence electrons. The summed E-state index contributed by atoms with van der Waals surface area (Å²) in [5.74, 6) is 0. The molecule has 1 unspecified atom stereocenters. The van der Waals surface area contributed by atoms with Gasteiger partial charge in [-0.25, -0.2) is 4.79 Å². The van der Waals surface area contributed by atoms with Gasteiger partial charge in [0.25, 0.3) is 0 Å². The van der Waals surface area contributed by atoms with E-state index in [1.54, 1.807) is 6.92 Å². The van der Waals surface area contributed by atoms with Crippen LogP contribution < -0.4 is 0 Å². The van der Waals surface area contributed by atoms with Gasteiger partial charge in [0.05, 0.1) is 13.2 Å². The number of ether oxygens (including phenoxy) is 3. The SMILES string of the molecule is CCOC(=O)OC(C)OCC(Cl)(Cl)Cl. The van der Waals surface area contributed by atoms with Crippen LogP contribution >= 0.6 is 34.8 Å². The topological polar surface area (TPSA) is 44.8 Å². The van der Waals surface area contributed by atoms with E-state index < -0.39 is 16.2 Å². The van der Waals surface area contributed by atoms with Gasteiger partial charge < -0.3 is 14.2 Å². The van der Waals surface area contributed by atoms with E-state index in [1.807, 2.05) is 0 Å². The zero-order valence-corrected chi connectivity index (χ0v) is 10.0. The number of hydrogen-bond acceptors (Lipinski definition) is 4. The number of halogens is 3. The van der Waals surface area contributed by atoms with Crippen molar-refractivity contribution in [1.29, 1.82) is 0 Å². The molecule has 7 heteroatoms. The summed E-state index contributed by atoms with van der Waals surface area (Å²) in [7, 11) is 0. The van der Waals surface area contributed by atoms with Gasteiger partial charge in [-0.3, -0.25) is 0 Å². The molecule has 0 N–H and O–H groups in total. The maximum atomic E-state index is 10.8. The van der Waals surface area contributed by atoms with Crippen LogP contribution in [-0.2, 0) is 14.2 Å². The third-order valence-electron chi connectivity index (χ3n) is 1.01. The Balaban J connectivity index is 3.65. The number of rotatable bonds is 4. The fourth-order valence-electron chi connectivity index (χ4n) is 0.533. The van der Waals surface area contributed by atoms with Crippen LogP contribution in [0.3, 0.4) is 0 Å². The maximum absolute atomic E-state index is 10.8. The van der Waals surface area contributed by atoms with E-state index in [0.29, 0.717) is 0 Å². The summed E-state index contributed by atoms with van der Waals surface area (Å²) in [6, 6.07) is 0. The molecule has 0 aliphatic rings. The Morgan fingerprint density at radius 2 is 2.00 bits per heavy atom. The quantitative estimate of drug-likeness (QED) is 0.445. The van der Waals surface area contributed by atoms with E-state index in [4.69, 9.17) is 39.5 Å². The fourth-order valence-corrected chi connectivity index (χ4v) is 0.722. The van der Waals surface area contributed by atoms with Gasteiger partial charge in [0, 0.05) is 0 Å². The average molecular weight is 266 g/mol. The molecule has 0 aromatic heterocycles. The summed E-state index contributed by atoms with van der Waals surface area (Å²) in [4.78, 5) is 10.8. The Kier molecular flexibility index (Phi) is 6.61. The Morgan fingerprint density at radius 3 is 2.43 bits per heavy atom. The lowest BCUT2D eigenvalue weighted by Crippen LogP contribution is -2.23. The van der Waals surface area contributed by atoms with Crippen LogP contribution in [0.4, 0.5) is 4.79 Å². The molecule has 0 saturated heterocycles. The molecule has 0 rings (SSSR count). The van der Waals surface area contributed by atoms with Crippen molar-refractivity contribution in [2.45, 2.75) is 23.9 Å². The minimum Gasteiger partial charge on any atom is -0.435 e. The first kappa shape index (κ1) is 14.1. The third kappa shape index (κ3) is 8.69. The van der Waals surface area contributed by atoms with Gasteiger partial charge in [0.15, 0.2) is 0 Å². The van der Waals surface area contributed by atoms with Crippen LogP contribution in [0, 0.1) is 0 Å². The summed E-state index contributed by atoms with van der Waals surface area (Å²) < 4.78 is 12.5. The predicted octanol–water partition coefficient (Wildman–Crippen LogP) is 2.89. The molecule has 0 spiro atoms. The van der Waals surface area contributed by atoms with E-state index in [1.165, 1.54) is 6.92 Å². The lowest BCUT2D eigenvalue weighted by molar-refractivity contribution is -0.109. The Labute approximate surface area is 97.3 Å². The molecule has 14 heavy (non-hydrogen) atoms. The largest absolute Gasteiger partial charge is 0.510 e. The van der Waals surface area contributed by atoms with Crippen molar-refractivity contribution in [3.8, 4) is 0 Å². The van der Waals surface area contributed by atoms with E-state index in [0.717, 1.165) is 0 Å². The summed E-state index contributed by atoms with van der Waals surface area (Å²) >= 11 is 16.2. The van der Waals surface area contributed by atoms with Gasteiger partial charge in [-0.15, -0.1) is 0 Å². The van der Waals surface area contributed by atoms with E-state index in [2.05, 4.69) is 9.47 Å². The molecule has 0 aliphatic carbocycles. The second-order valence-corrected chi connectivity index (χ2v) is 4.81. The molecule has 0 radical (unpaired) electrons. The highest BCUT2D eigenvalue weighted by Crippen LogP contribution is 2.26. The number of hydrogen-bond donors (Lipinski definition) is 0. The van der Waals surface area contributed by atoms with Crippen molar-refractivity contribution in [1.82, 2.24) is 0 Å². The van der Waals surface area contributed by atoms with Gasteiger partial charge in [0.1, 0.15) is 0 Å². The van der Waals surface area contributed by atoms with Crippen molar-refractivity contribution < 1.29 is 19.0 Å². The van der Waals surface area contributed by atoms with E-state index in [9.17, 15) is 4.79 Å². The minimum atomic E-state index is -1.52. The van der Waals surface area contributed by atoms with Crippen LogP contribution in [0.15, 0.2) is 0 Å². The highest BCUT2D eigenvalue weighted by Gasteiger charge is 2.22. The Morgan fingerprint density at radius 1 is 1.43 bits per heavy atom. The first-order valence-electron chi connectivity index (χ1n) is 3.87. The van der Waals surface area contributed by atoms with Crippen LogP contribution in [-0.4, -0.2) is 29.5 Å². The number of alkyl halides is 3. The van der Waals surface area contributed by atoms with Gasteiger partial charge in [-0.05, 0) is 13.8 Å². The van der Waals surface area contributed by atoms with Crippen molar-refractivity contribution in [2.24, 2.45) is 0 Å². The van der Waals surface area contributed by atoms with Gasteiger partial charge >= 0.3 is 6.16 Å². The smallest absolute Gasteiger partial charge is 0.435 e. The lowest BCUT2D eigenvalue weighted by atomic mass is 10.7. The van der Waals surface area contributed by atoms with Crippen LogP contribution in [0.1, 0.15) is 13.8 Å². The number of carbonyl (C=O) groups excluding carboxylic acids is 1. The van der Waals surface area contributed by atoms with Gasteiger partial charge in [-0.2, -0.15) is 0 Å². The molecule has 0 saturated carbocycles. The molecule has 0 heterocycles. The summed E-state index contributed by atoms with van der Waals surface area (Å²) in [6.45, 7) is 3.22. The van der Waals surface area contributed by atoms with Crippen molar-refractivity contribution in [2.75, 3.05) is 13.2 Å². The summed E-state index contributed by atoms with van der Waals surface area (Å²) in [6.07, 6.45) is -1.63. The second kappa shape index (κ2) is 6.56. The molecule has 0 bridgehead atoms. The first-order chi connectivity index (χ1) is 6.35. The van der Waals surface area contributed by atoms with Crippen LogP contribution in [0.2, 0.25) is 0 Å². The fraction of sp³-hybridized carbons (Fsp3) is 0.857. The van der Waals surface area contributed by atoms with Crippen LogP contribution in [0.25, 0.3) is 0 Å². The molecule has 0 aliphatic heterocycles. The second-order valence-electron chi connectivity index (χ2n) is 2.29. The summed E-state index contributed by atoms with van der Waals surface area (Å²) in [5, 5.41) is 0. The van der Waals surface area contributed by atoms with Crippen molar-refractivity contribution in [3.05, 3.63) is 0 Å². The molecule has 4 nitrogen and oxygen atoms in total. The van der Waals surface area contributed by atoms with Gasteiger partial charge in [0.2, 0.25) is 10.1 Å². The zero-order chi connectivity index (χ0) is 11.2. The average Bonchev–Trinajstić information content (AvgIpc) is 2.00. The lowest BCUT2D eigenvalue weighted by Gasteiger charge is -2.16. The van der Waals surface area contributed by atoms with E-state index >= 15 is 0 Å². The highest BCUT2D eigenvalue weighted by atomic mass is 35.6. The standard InChI is InChI=1S/C7H11Cl3O4/c1-3-12-6(11)14-5(2)13-4-7(8,9)10/h5H,3-4H2,1-2H3. The van der Waals surface area contributed by atoms with Crippen molar-refractivity contribution >= 4 is 41.0 Å². The summed E-state index contributed by atoms with van der Waals surface area (Å²) in [5.41, 5.74) is 0. The van der Waals surface area contributed by atoms with Crippen molar-refractivity contribution in [3.63, 3.8) is 0 Å². The molecule has 0 aromatic carbocycles. The van der Waals surface area contributed by atoms with Crippen LogP contribution in [0.5, 0.6) is 0 Å². The molecule has 0 amide bonds. The maximum Gasteiger partial charge on any atom is 0.510 e. The van der Waals surface area contributed by atoms with Gasteiger partial charge in [-0.1, -0.05) is 34.8 Å². The minimum absolute atomic E-state index is 0.168. The molecular weight excluding hydrogens is 254 g/mol.